The Morgan fingerprint density at radius 3 is 2.51 bits per heavy atom. The second kappa shape index (κ2) is 10.5. The van der Waals surface area contributed by atoms with Gasteiger partial charge in [-0.15, -0.1) is 0 Å². The molecule has 0 atom stereocenters. The maximum Gasteiger partial charge on any atom is 0.490 e. The van der Waals surface area contributed by atoms with Crippen LogP contribution in [0.1, 0.15) is 12.0 Å². The number of nitrogens with zero attached hydrogens (tertiary/aromatic N) is 5. The highest BCUT2D eigenvalue weighted by atomic mass is 19.4. The van der Waals surface area contributed by atoms with Gasteiger partial charge in [-0.3, -0.25) is 0 Å². The van der Waals surface area contributed by atoms with Crippen LogP contribution in [0.25, 0.3) is 38.9 Å². The van der Waals surface area contributed by atoms with E-state index < -0.39 is 17.8 Å². The van der Waals surface area contributed by atoms with Crippen molar-refractivity contribution in [3.05, 3.63) is 70.7 Å². The van der Waals surface area contributed by atoms with Gasteiger partial charge in [-0.25, -0.2) is 23.6 Å². The summed E-state index contributed by atoms with van der Waals surface area (Å²) in [7, 11) is 1.87. The number of alkyl halides is 3. The molecule has 14 heteroatoms. The molecule has 3 heterocycles. The number of aryl methyl sites for hydroxylation is 2. The molecule has 0 saturated carbocycles. The summed E-state index contributed by atoms with van der Waals surface area (Å²) in [6.45, 7) is 1.17. The van der Waals surface area contributed by atoms with Crippen LogP contribution in [0.15, 0.2) is 53.6 Å². The number of aromatic nitrogens is 5. The number of carboxylic acids is 1. The van der Waals surface area contributed by atoms with Crippen LogP contribution >= 0.6 is 0 Å². The van der Waals surface area contributed by atoms with Crippen molar-refractivity contribution in [3.8, 4) is 23.1 Å². The number of nitrogens with one attached hydrogen (secondary N) is 1. The van der Waals surface area contributed by atoms with Crippen molar-refractivity contribution in [2.24, 2.45) is 12.8 Å². The fourth-order valence-electron chi connectivity index (χ4n) is 4.21. The summed E-state index contributed by atoms with van der Waals surface area (Å²) in [5.41, 5.74) is 8.72. The van der Waals surface area contributed by atoms with Crippen LogP contribution in [-0.4, -0.2) is 47.7 Å². The summed E-state index contributed by atoms with van der Waals surface area (Å²) in [5, 5.41) is 24.6. The van der Waals surface area contributed by atoms with E-state index in [2.05, 4.69) is 16.3 Å². The zero-order valence-corrected chi connectivity index (χ0v) is 20.3. The monoisotopic (exact) mass is 543 g/mol. The third kappa shape index (κ3) is 5.25. The number of nitriles is 1. The van der Waals surface area contributed by atoms with Crippen LogP contribution < -0.4 is 11.4 Å². The fourth-order valence-corrected chi connectivity index (χ4v) is 4.21. The largest absolute Gasteiger partial charge is 0.490 e. The van der Waals surface area contributed by atoms with Gasteiger partial charge in [0.15, 0.2) is 5.82 Å². The number of benzene rings is 2. The van der Waals surface area contributed by atoms with Gasteiger partial charge in [0.2, 0.25) is 0 Å². The molecule has 0 radical (unpaired) electrons. The minimum Gasteiger partial charge on any atom is -0.475 e. The van der Waals surface area contributed by atoms with Gasteiger partial charge in [0.25, 0.3) is 0 Å². The normalized spacial score (nSPS) is 11.4. The molecule has 5 aromatic rings. The number of hydrogen-bond acceptors (Lipinski definition) is 5. The minimum absolute atomic E-state index is 0.386. The molecule has 3 aromatic heterocycles. The van der Waals surface area contributed by atoms with E-state index >= 15 is 0 Å². The molecular weight excluding hydrogens is 522 g/mol. The molecule has 39 heavy (non-hydrogen) atoms. The highest BCUT2D eigenvalue weighted by molar-refractivity contribution is 5.96. The lowest BCUT2D eigenvalue weighted by molar-refractivity contribution is -0.192. The van der Waals surface area contributed by atoms with Crippen LogP contribution in [0.4, 0.5) is 17.6 Å². The maximum absolute atomic E-state index is 14.2. The molecule has 2 aromatic carbocycles. The summed E-state index contributed by atoms with van der Waals surface area (Å²) in [5.74, 6) is -2.73. The number of carboxylic acid groups (broad SMARTS) is 1. The lowest BCUT2D eigenvalue weighted by Gasteiger charge is -2.04. The van der Waals surface area contributed by atoms with E-state index in [9.17, 15) is 27.6 Å². The van der Waals surface area contributed by atoms with Gasteiger partial charge in [0.05, 0.1) is 22.8 Å². The quantitative estimate of drug-likeness (QED) is 0.288. The van der Waals surface area contributed by atoms with Gasteiger partial charge in [-0.2, -0.15) is 23.5 Å². The van der Waals surface area contributed by atoms with Gasteiger partial charge in [-0.1, -0.05) is 6.07 Å². The Kier molecular flexibility index (Phi) is 7.28. The molecule has 202 valence electrons. The SMILES string of the molecule is Cn1cc(-c2n[nH]c(=O)n2-c2cn(CCCN)c3ccc(F)cc23)c2ccc(C#N)cc21.O=C(O)C(F)(F)F. The summed E-state index contributed by atoms with van der Waals surface area (Å²) in [6.07, 6.45) is -0.635. The molecule has 10 nitrogen and oxygen atoms in total. The molecule has 0 unspecified atom stereocenters. The number of aliphatic carboxylic acids is 1. The fraction of sp³-hybridized carbons (Fsp3) is 0.200. The van der Waals surface area contributed by atoms with Crippen molar-refractivity contribution < 1.29 is 27.5 Å². The summed E-state index contributed by atoms with van der Waals surface area (Å²) in [6, 6.07) is 12.0. The van der Waals surface area contributed by atoms with Crippen LogP contribution in [-0.2, 0) is 18.4 Å². The molecule has 0 fully saturated rings. The summed E-state index contributed by atoms with van der Waals surface area (Å²) < 4.78 is 51.2. The Morgan fingerprint density at radius 1 is 1.15 bits per heavy atom. The summed E-state index contributed by atoms with van der Waals surface area (Å²) >= 11 is 0. The van der Waals surface area contributed by atoms with Gasteiger partial charge < -0.3 is 20.0 Å². The molecule has 0 amide bonds. The van der Waals surface area contributed by atoms with Crippen LogP contribution in [0.3, 0.4) is 0 Å². The van der Waals surface area contributed by atoms with Crippen LogP contribution in [0, 0.1) is 17.1 Å². The van der Waals surface area contributed by atoms with Crippen LogP contribution in [0.5, 0.6) is 0 Å². The third-order valence-corrected chi connectivity index (χ3v) is 5.94. The summed E-state index contributed by atoms with van der Waals surface area (Å²) in [4.78, 5) is 21.8. The van der Waals surface area contributed by atoms with Gasteiger partial charge in [0.1, 0.15) is 5.82 Å². The van der Waals surface area contributed by atoms with E-state index in [1.807, 2.05) is 34.6 Å². The van der Waals surface area contributed by atoms with E-state index in [0.29, 0.717) is 35.6 Å². The molecular formula is C25H21F4N7O3. The molecule has 0 spiro atoms. The number of aromatic amines is 1. The third-order valence-electron chi connectivity index (χ3n) is 5.94. The zero-order chi connectivity index (χ0) is 28.5. The van der Waals surface area contributed by atoms with Crippen molar-refractivity contribution >= 4 is 27.8 Å². The lowest BCUT2D eigenvalue weighted by Crippen LogP contribution is -2.21. The number of H-pyrrole nitrogens is 1. The molecule has 0 saturated heterocycles. The molecule has 0 aliphatic carbocycles. The van der Waals surface area contributed by atoms with E-state index in [1.165, 1.54) is 16.7 Å². The maximum atomic E-state index is 14.2. The number of nitrogens with two attached hydrogens (primary N) is 1. The van der Waals surface area contributed by atoms with Gasteiger partial charge in [0, 0.05) is 47.8 Å². The first kappa shape index (κ1) is 27.1. The average molecular weight is 543 g/mol. The van der Waals surface area contributed by atoms with Crippen LogP contribution in [0.2, 0.25) is 0 Å². The second-order valence-electron chi connectivity index (χ2n) is 8.50. The van der Waals surface area contributed by atoms with E-state index in [0.717, 1.165) is 28.4 Å². The van der Waals surface area contributed by atoms with E-state index in [1.54, 1.807) is 18.2 Å². The molecule has 0 aliphatic rings. The highest BCUT2D eigenvalue weighted by Crippen LogP contribution is 2.33. The Bertz CT molecular complexity index is 1790. The minimum atomic E-state index is -5.08. The predicted molar refractivity (Wildman–Crippen MR) is 134 cm³/mol. The van der Waals surface area contributed by atoms with E-state index in [4.69, 9.17) is 15.6 Å². The molecule has 4 N–H and O–H groups in total. The number of fused-ring (bicyclic) bond motifs is 2. The van der Waals surface area contributed by atoms with Crippen molar-refractivity contribution in [3.63, 3.8) is 0 Å². The van der Waals surface area contributed by atoms with Crippen molar-refractivity contribution in [2.75, 3.05) is 6.54 Å². The predicted octanol–water partition coefficient (Wildman–Crippen LogP) is 3.67. The number of rotatable bonds is 5. The topological polar surface area (TPSA) is 148 Å². The first-order chi connectivity index (χ1) is 18.5. The molecule has 0 bridgehead atoms. The standard InChI is InChI=1S/C23H20FN7O.C2HF3O2/c1-29-12-18(16-5-3-14(11-26)9-20(16)29)22-27-28-23(32)31(22)21-13-30(8-2-7-25)19-6-4-15(24)10-17(19)21;3-2(4,5)1(6)7/h3-6,9-10,12-13H,2,7-8,25H2,1H3,(H,28,32);(H,6,7). The molecule has 0 aliphatic heterocycles. The Morgan fingerprint density at radius 2 is 1.87 bits per heavy atom. The molecule has 5 rings (SSSR count). The van der Waals surface area contributed by atoms with Gasteiger partial charge in [-0.05, 0) is 43.3 Å². The first-order valence-electron chi connectivity index (χ1n) is 11.4. The first-order valence-corrected chi connectivity index (χ1v) is 11.4. The Labute approximate surface area is 217 Å². The number of hydrogen-bond donors (Lipinski definition) is 3. The highest BCUT2D eigenvalue weighted by Gasteiger charge is 2.38. The average Bonchev–Trinajstić information content (AvgIpc) is 3.54. The van der Waals surface area contributed by atoms with Crippen molar-refractivity contribution in [1.82, 2.24) is 23.9 Å². The number of halogens is 4. The second-order valence-corrected chi connectivity index (χ2v) is 8.50. The zero-order valence-electron chi connectivity index (χ0n) is 20.3. The van der Waals surface area contributed by atoms with Crippen molar-refractivity contribution in [2.45, 2.75) is 19.1 Å². The number of carbonyl (C=O) groups is 1. The smallest absolute Gasteiger partial charge is 0.475 e. The van der Waals surface area contributed by atoms with Crippen molar-refractivity contribution in [1.29, 1.82) is 5.26 Å². The Hall–Kier alpha value is -4.90. The van der Waals surface area contributed by atoms with Gasteiger partial charge >= 0.3 is 17.8 Å². The lowest BCUT2D eigenvalue weighted by atomic mass is 10.1. The van der Waals surface area contributed by atoms with E-state index in [-0.39, 0.29) is 5.82 Å². The Balaban J connectivity index is 0.000000448.